The van der Waals surface area contributed by atoms with Crippen molar-refractivity contribution in [2.75, 3.05) is 19.8 Å². The van der Waals surface area contributed by atoms with E-state index in [1.807, 2.05) is 37.3 Å². The van der Waals surface area contributed by atoms with E-state index in [1.54, 1.807) is 0 Å². The van der Waals surface area contributed by atoms with E-state index in [9.17, 15) is 0 Å². The van der Waals surface area contributed by atoms with Gasteiger partial charge >= 0.3 is 0 Å². The van der Waals surface area contributed by atoms with Crippen LogP contribution in [0.1, 0.15) is 18.5 Å². The third-order valence-corrected chi connectivity index (χ3v) is 4.02. The Morgan fingerprint density at radius 2 is 2.29 bits per heavy atom. The molecule has 0 aliphatic carbocycles. The molecule has 1 aliphatic rings. The second-order valence-electron chi connectivity index (χ2n) is 5.70. The van der Waals surface area contributed by atoms with Crippen molar-refractivity contribution in [2.24, 2.45) is 0 Å². The Morgan fingerprint density at radius 1 is 1.38 bits per heavy atom. The lowest BCUT2D eigenvalue weighted by atomic mass is 10.1. The molecule has 7 nitrogen and oxygen atoms in total. The van der Waals surface area contributed by atoms with Gasteiger partial charge in [0.15, 0.2) is 11.6 Å². The van der Waals surface area contributed by atoms with Gasteiger partial charge in [0.2, 0.25) is 5.79 Å². The monoisotopic (exact) mass is 329 g/mol. The molecule has 4 rings (SSSR count). The summed E-state index contributed by atoms with van der Waals surface area (Å²) < 4.78 is 23.7. The largest absolute Gasteiger partial charge is 0.455 e. The minimum absolute atomic E-state index is 0.155. The lowest BCUT2D eigenvalue weighted by Crippen LogP contribution is -2.32. The molecule has 3 heterocycles. The lowest BCUT2D eigenvalue weighted by molar-refractivity contribution is -0.192. The number of hydrogen-bond acceptors (Lipinski definition) is 6. The van der Waals surface area contributed by atoms with Gasteiger partial charge in [-0.25, -0.2) is 4.98 Å². The molecule has 1 fully saturated rings. The Hall–Kier alpha value is -2.22. The van der Waals surface area contributed by atoms with Crippen molar-refractivity contribution >= 4 is 11.0 Å². The second kappa shape index (κ2) is 6.35. The summed E-state index contributed by atoms with van der Waals surface area (Å²) in [6.45, 7) is 3.50. The molecule has 0 spiro atoms. The molecule has 3 aromatic rings. The number of fused-ring (bicyclic) bond motifs is 1. The van der Waals surface area contributed by atoms with Crippen molar-refractivity contribution in [2.45, 2.75) is 25.2 Å². The van der Waals surface area contributed by atoms with Crippen molar-refractivity contribution in [3.63, 3.8) is 0 Å². The fourth-order valence-corrected chi connectivity index (χ4v) is 2.90. The highest BCUT2D eigenvalue weighted by Crippen LogP contribution is 2.39. The molecule has 1 aliphatic heterocycles. The molecule has 0 bridgehead atoms. The number of aromatic amines is 1. The van der Waals surface area contributed by atoms with Crippen molar-refractivity contribution < 1.29 is 18.6 Å². The van der Waals surface area contributed by atoms with Crippen LogP contribution in [0, 0.1) is 0 Å². The van der Waals surface area contributed by atoms with E-state index >= 15 is 0 Å². The first kappa shape index (κ1) is 15.3. The normalized spacial score (nSPS) is 24.0. The predicted octanol–water partition coefficient (Wildman–Crippen LogP) is 2.40. The number of hydrogen-bond donors (Lipinski definition) is 1. The minimum Gasteiger partial charge on any atom is -0.455 e. The van der Waals surface area contributed by atoms with Gasteiger partial charge in [-0.15, -0.1) is 0 Å². The van der Waals surface area contributed by atoms with Crippen molar-refractivity contribution in [3.8, 4) is 0 Å². The van der Waals surface area contributed by atoms with Crippen LogP contribution in [0.2, 0.25) is 0 Å². The highest BCUT2D eigenvalue weighted by atomic mass is 16.8. The Morgan fingerprint density at radius 3 is 3.08 bits per heavy atom. The highest BCUT2D eigenvalue weighted by Gasteiger charge is 2.47. The van der Waals surface area contributed by atoms with Gasteiger partial charge < -0.3 is 18.6 Å². The molecule has 7 heteroatoms. The average Bonchev–Trinajstić information content (AvgIpc) is 3.33. The van der Waals surface area contributed by atoms with Gasteiger partial charge in [-0.1, -0.05) is 18.2 Å². The maximum atomic E-state index is 6.21. The number of aromatic nitrogens is 3. The summed E-state index contributed by atoms with van der Waals surface area (Å²) in [5.74, 6) is 0.184. The van der Waals surface area contributed by atoms with E-state index in [4.69, 9.17) is 18.6 Å². The van der Waals surface area contributed by atoms with Crippen LogP contribution in [0.4, 0.5) is 0 Å². The molecule has 24 heavy (non-hydrogen) atoms. The number of nitrogens with one attached hydrogen (secondary N) is 1. The zero-order chi connectivity index (χ0) is 16.4. The Balaban J connectivity index is 1.67. The lowest BCUT2D eigenvalue weighted by Gasteiger charge is -2.24. The first-order valence-electron chi connectivity index (χ1n) is 8.02. The topological polar surface area (TPSA) is 82.4 Å². The van der Waals surface area contributed by atoms with Crippen molar-refractivity contribution in [1.29, 1.82) is 0 Å². The molecule has 1 N–H and O–H groups in total. The van der Waals surface area contributed by atoms with Gasteiger partial charge in [0.25, 0.3) is 0 Å². The van der Waals surface area contributed by atoms with Gasteiger partial charge in [-0.05, 0) is 19.1 Å². The first-order chi connectivity index (χ1) is 11.8. The van der Waals surface area contributed by atoms with Gasteiger partial charge in [0, 0.05) is 12.0 Å². The zero-order valence-electron chi connectivity index (χ0n) is 13.4. The fraction of sp³-hybridized carbons (Fsp3) is 0.412. The highest BCUT2D eigenvalue weighted by molar-refractivity contribution is 5.77. The van der Waals surface area contributed by atoms with Crippen LogP contribution < -0.4 is 0 Å². The second-order valence-corrected chi connectivity index (χ2v) is 5.70. The maximum Gasteiger partial charge on any atom is 0.236 e. The van der Waals surface area contributed by atoms with Crippen molar-refractivity contribution in [3.05, 3.63) is 48.2 Å². The number of furan rings is 1. The molecule has 2 atom stereocenters. The number of H-pyrrole nitrogens is 1. The number of para-hydroxylation sites is 1. The van der Waals surface area contributed by atoms with Crippen LogP contribution in [0.15, 0.2) is 41.1 Å². The Kier molecular flexibility index (Phi) is 4.05. The fourth-order valence-electron chi connectivity index (χ4n) is 2.90. The van der Waals surface area contributed by atoms with Gasteiger partial charge in [-0.2, -0.15) is 5.10 Å². The third-order valence-electron chi connectivity index (χ3n) is 4.02. The molecular weight excluding hydrogens is 310 g/mol. The SMILES string of the molecule is CCOCC1COC(Cc2nc[nH]n2)(c2cc3ccccc3o2)O1. The zero-order valence-corrected chi connectivity index (χ0v) is 13.4. The van der Waals surface area contributed by atoms with E-state index < -0.39 is 5.79 Å². The van der Waals surface area contributed by atoms with Gasteiger partial charge in [0.05, 0.1) is 19.6 Å². The molecule has 1 saturated heterocycles. The molecule has 2 unspecified atom stereocenters. The summed E-state index contributed by atoms with van der Waals surface area (Å²) >= 11 is 0. The van der Waals surface area contributed by atoms with E-state index in [0.717, 1.165) is 11.0 Å². The van der Waals surface area contributed by atoms with Crippen LogP contribution in [0.3, 0.4) is 0 Å². The predicted molar refractivity (Wildman–Crippen MR) is 85.3 cm³/mol. The molecular formula is C17H19N3O4. The van der Waals surface area contributed by atoms with Crippen LogP contribution in [0.5, 0.6) is 0 Å². The Labute approximate surface area is 138 Å². The maximum absolute atomic E-state index is 6.21. The van der Waals surface area contributed by atoms with E-state index in [1.165, 1.54) is 6.33 Å². The Bertz CT molecular complexity index is 768. The summed E-state index contributed by atoms with van der Waals surface area (Å²) in [5.41, 5.74) is 0.794. The number of nitrogens with zero attached hydrogens (tertiary/aromatic N) is 2. The quantitative estimate of drug-likeness (QED) is 0.748. The molecule has 0 saturated carbocycles. The molecule has 1 aromatic carbocycles. The first-order valence-corrected chi connectivity index (χ1v) is 8.02. The van der Waals surface area contributed by atoms with Crippen LogP contribution >= 0.6 is 0 Å². The van der Waals surface area contributed by atoms with Crippen molar-refractivity contribution in [1.82, 2.24) is 15.2 Å². The minimum atomic E-state index is -1.04. The molecule has 0 amide bonds. The molecule has 126 valence electrons. The third kappa shape index (κ3) is 2.82. The number of ether oxygens (including phenoxy) is 3. The van der Waals surface area contributed by atoms with E-state index in [0.29, 0.717) is 37.8 Å². The summed E-state index contributed by atoms with van der Waals surface area (Å²) in [7, 11) is 0. The standard InChI is InChI=1S/C17H19N3O4/c1-2-21-9-13-10-22-17(24-13,8-16-18-11-19-20-16)15-7-12-5-3-4-6-14(12)23-15/h3-7,11,13H,2,8-10H2,1H3,(H,18,19,20). The molecule has 0 radical (unpaired) electrons. The number of rotatable bonds is 6. The smallest absolute Gasteiger partial charge is 0.236 e. The van der Waals surface area contributed by atoms with Crippen LogP contribution in [0.25, 0.3) is 11.0 Å². The average molecular weight is 329 g/mol. The summed E-state index contributed by atoms with van der Waals surface area (Å²) in [6, 6.07) is 9.77. The molecule has 2 aromatic heterocycles. The summed E-state index contributed by atoms with van der Waals surface area (Å²) in [5, 5.41) is 7.84. The number of benzene rings is 1. The van der Waals surface area contributed by atoms with E-state index in [-0.39, 0.29) is 6.10 Å². The van der Waals surface area contributed by atoms with Crippen LogP contribution in [-0.2, 0) is 26.4 Å². The van der Waals surface area contributed by atoms with E-state index in [2.05, 4.69) is 15.2 Å². The summed E-state index contributed by atoms with van der Waals surface area (Å²) in [4.78, 5) is 4.19. The van der Waals surface area contributed by atoms with Gasteiger partial charge in [0.1, 0.15) is 18.0 Å². The summed E-state index contributed by atoms with van der Waals surface area (Å²) in [6.07, 6.45) is 1.74. The van der Waals surface area contributed by atoms with Crippen LogP contribution in [-0.4, -0.2) is 41.1 Å². The van der Waals surface area contributed by atoms with Gasteiger partial charge in [-0.3, -0.25) is 5.10 Å².